The Morgan fingerprint density at radius 1 is 1.35 bits per heavy atom. The lowest BCUT2D eigenvalue weighted by molar-refractivity contribution is 0.0990. The van der Waals surface area contributed by atoms with Crippen LogP contribution in [0, 0.1) is 11.7 Å². The average Bonchev–Trinajstić information content (AvgIpc) is 2.32. The number of halogens is 1. The van der Waals surface area contributed by atoms with E-state index in [2.05, 4.69) is 11.8 Å². The maximum absolute atomic E-state index is 12.8. The summed E-state index contributed by atoms with van der Waals surface area (Å²) in [6, 6.07) is 7.25. The minimum Gasteiger partial charge on any atom is -0.329 e. The van der Waals surface area contributed by atoms with Crippen LogP contribution in [0.2, 0.25) is 0 Å². The van der Waals surface area contributed by atoms with Crippen molar-refractivity contribution < 1.29 is 4.39 Å². The predicted octanol–water partition coefficient (Wildman–Crippen LogP) is 2.38. The van der Waals surface area contributed by atoms with E-state index in [0.717, 1.165) is 13.1 Å². The van der Waals surface area contributed by atoms with Crippen molar-refractivity contribution in [2.45, 2.75) is 32.4 Å². The summed E-state index contributed by atoms with van der Waals surface area (Å²) >= 11 is 0. The second kappa shape index (κ2) is 5.61. The fourth-order valence-corrected chi connectivity index (χ4v) is 2.74. The van der Waals surface area contributed by atoms with E-state index in [4.69, 9.17) is 5.73 Å². The Kier molecular flexibility index (Phi) is 4.13. The highest BCUT2D eigenvalue weighted by molar-refractivity contribution is 5.16. The molecule has 2 atom stereocenters. The first kappa shape index (κ1) is 12.5. The number of hydrogen-bond acceptors (Lipinski definition) is 2. The Morgan fingerprint density at radius 3 is 2.71 bits per heavy atom. The Morgan fingerprint density at radius 2 is 2.06 bits per heavy atom. The molecular formula is C14H21FN2. The Bertz CT molecular complexity index is 350. The summed E-state index contributed by atoms with van der Waals surface area (Å²) in [5.41, 5.74) is 7.03. The van der Waals surface area contributed by atoms with Gasteiger partial charge in [0.2, 0.25) is 0 Å². The van der Waals surface area contributed by atoms with E-state index in [1.165, 1.54) is 30.5 Å². The zero-order valence-electron chi connectivity index (χ0n) is 10.4. The fourth-order valence-electron chi connectivity index (χ4n) is 2.74. The molecule has 0 saturated carbocycles. The molecule has 0 bridgehead atoms. The fraction of sp³-hybridized carbons (Fsp3) is 0.571. The van der Waals surface area contributed by atoms with Gasteiger partial charge in [0.15, 0.2) is 0 Å². The van der Waals surface area contributed by atoms with Gasteiger partial charge in [-0.2, -0.15) is 0 Å². The minimum atomic E-state index is -0.170. The number of rotatable bonds is 3. The van der Waals surface area contributed by atoms with Gasteiger partial charge in [-0.1, -0.05) is 19.1 Å². The van der Waals surface area contributed by atoms with E-state index in [1.807, 2.05) is 12.1 Å². The van der Waals surface area contributed by atoms with E-state index in [0.29, 0.717) is 18.5 Å². The summed E-state index contributed by atoms with van der Waals surface area (Å²) in [6.45, 7) is 4.97. The maximum Gasteiger partial charge on any atom is 0.123 e. The zero-order chi connectivity index (χ0) is 12.3. The van der Waals surface area contributed by atoms with Crippen LogP contribution in [0.5, 0.6) is 0 Å². The van der Waals surface area contributed by atoms with Crippen molar-refractivity contribution in [3.63, 3.8) is 0 Å². The van der Waals surface area contributed by atoms with Gasteiger partial charge >= 0.3 is 0 Å². The number of nitrogens with zero attached hydrogens (tertiary/aromatic N) is 1. The van der Waals surface area contributed by atoms with Crippen LogP contribution in [0.25, 0.3) is 0 Å². The first-order valence-corrected chi connectivity index (χ1v) is 6.39. The van der Waals surface area contributed by atoms with E-state index in [-0.39, 0.29) is 5.82 Å². The third-order valence-electron chi connectivity index (χ3n) is 3.77. The van der Waals surface area contributed by atoms with Crippen LogP contribution in [0.3, 0.4) is 0 Å². The smallest absolute Gasteiger partial charge is 0.123 e. The molecule has 1 aromatic carbocycles. The van der Waals surface area contributed by atoms with Crippen LogP contribution in [0.4, 0.5) is 4.39 Å². The highest BCUT2D eigenvalue weighted by Crippen LogP contribution is 2.24. The highest BCUT2D eigenvalue weighted by Gasteiger charge is 2.26. The number of benzene rings is 1. The minimum absolute atomic E-state index is 0.170. The number of likely N-dealkylation sites (tertiary alicyclic amines) is 1. The van der Waals surface area contributed by atoms with Crippen LogP contribution < -0.4 is 5.73 Å². The van der Waals surface area contributed by atoms with E-state index in [1.54, 1.807) is 0 Å². The molecule has 2 nitrogen and oxygen atoms in total. The first-order valence-electron chi connectivity index (χ1n) is 6.39. The van der Waals surface area contributed by atoms with Crippen LogP contribution >= 0.6 is 0 Å². The van der Waals surface area contributed by atoms with Gasteiger partial charge in [-0.3, -0.25) is 4.90 Å². The number of piperidine rings is 1. The van der Waals surface area contributed by atoms with Gasteiger partial charge in [0.1, 0.15) is 5.82 Å². The second-order valence-corrected chi connectivity index (χ2v) is 5.02. The summed E-state index contributed by atoms with van der Waals surface area (Å²) in [5, 5.41) is 0. The molecule has 17 heavy (non-hydrogen) atoms. The van der Waals surface area contributed by atoms with Gasteiger partial charge in [0.25, 0.3) is 0 Å². The molecule has 1 heterocycles. The lowest BCUT2D eigenvalue weighted by Gasteiger charge is -2.39. The van der Waals surface area contributed by atoms with Crippen molar-refractivity contribution in [1.82, 2.24) is 4.90 Å². The second-order valence-electron chi connectivity index (χ2n) is 5.02. The summed E-state index contributed by atoms with van der Waals surface area (Å²) < 4.78 is 12.8. The normalized spacial score (nSPS) is 26.1. The predicted molar refractivity (Wildman–Crippen MR) is 68.1 cm³/mol. The molecule has 0 spiro atoms. The van der Waals surface area contributed by atoms with Gasteiger partial charge in [-0.05, 0) is 43.0 Å². The quantitative estimate of drug-likeness (QED) is 0.873. The van der Waals surface area contributed by atoms with Crippen molar-refractivity contribution >= 4 is 0 Å². The zero-order valence-corrected chi connectivity index (χ0v) is 10.4. The van der Waals surface area contributed by atoms with Gasteiger partial charge in [0, 0.05) is 19.1 Å². The molecule has 3 heteroatoms. The van der Waals surface area contributed by atoms with Gasteiger partial charge in [-0.15, -0.1) is 0 Å². The molecule has 1 fully saturated rings. The molecule has 1 saturated heterocycles. The molecule has 0 aliphatic carbocycles. The third-order valence-corrected chi connectivity index (χ3v) is 3.77. The summed E-state index contributed by atoms with van der Waals surface area (Å²) in [7, 11) is 0. The molecule has 0 radical (unpaired) electrons. The maximum atomic E-state index is 12.8. The van der Waals surface area contributed by atoms with Gasteiger partial charge in [0.05, 0.1) is 0 Å². The lowest BCUT2D eigenvalue weighted by atomic mass is 9.90. The molecule has 2 unspecified atom stereocenters. The number of nitrogens with two attached hydrogens (primary N) is 1. The molecule has 1 aromatic rings. The molecule has 2 N–H and O–H groups in total. The standard InChI is InChI=1S/C14H21FN2/c1-11-3-2-8-17(14(11)9-16)10-12-4-6-13(15)7-5-12/h4-7,11,14H,2-3,8-10,16H2,1H3. The molecule has 1 aliphatic heterocycles. The SMILES string of the molecule is CC1CCCN(Cc2ccc(F)cc2)C1CN. The van der Waals surface area contributed by atoms with Crippen molar-refractivity contribution in [2.75, 3.05) is 13.1 Å². The van der Waals surface area contributed by atoms with Crippen LogP contribution in [-0.2, 0) is 6.54 Å². The largest absolute Gasteiger partial charge is 0.329 e. The van der Waals surface area contributed by atoms with Crippen LogP contribution in [0.1, 0.15) is 25.3 Å². The highest BCUT2D eigenvalue weighted by atomic mass is 19.1. The topological polar surface area (TPSA) is 29.3 Å². The summed E-state index contributed by atoms with van der Waals surface area (Å²) in [4.78, 5) is 2.43. The molecule has 1 aliphatic rings. The van der Waals surface area contributed by atoms with Crippen molar-refractivity contribution in [3.8, 4) is 0 Å². The van der Waals surface area contributed by atoms with Gasteiger partial charge in [-0.25, -0.2) is 4.39 Å². The lowest BCUT2D eigenvalue weighted by Crippen LogP contribution is -2.47. The summed E-state index contributed by atoms with van der Waals surface area (Å²) in [6.07, 6.45) is 2.50. The van der Waals surface area contributed by atoms with Gasteiger partial charge < -0.3 is 5.73 Å². The van der Waals surface area contributed by atoms with E-state index in [9.17, 15) is 4.39 Å². The van der Waals surface area contributed by atoms with Crippen molar-refractivity contribution in [2.24, 2.45) is 11.7 Å². The van der Waals surface area contributed by atoms with E-state index >= 15 is 0 Å². The van der Waals surface area contributed by atoms with Crippen LogP contribution in [0.15, 0.2) is 24.3 Å². The average molecular weight is 236 g/mol. The molecule has 0 amide bonds. The third kappa shape index (κ3) is 3.05. The Labute approximate surface area is 103 Å². The molecule has 94 valence electrons. The Balaban J connectivity index is 2.03. The van der Waals surface area contributed by atoms with Crippen LogP contribution in [-0.4, -0.2) is 24.0 Å². The van der Waals surface area contributed by atoms with Crippen molar-refractivity contribution in [1.29, 1.82) is 0 Å². The molecular weight excluding hydrogens is 215 g/mol. The van der Waals surface area contributed by atoms with Crippen molar-refractivity contribution in [3.05, 3.63) is 35.6 Å². The first-order chi connectivity index (χ1) is 8.20. The summed E-state index contributed by atoms with van der Waals surface area (Å²) in [5.74, 6) is 0.491. The molecule has 0 aromatic heterocycles. The number of hydrogen-bond donors (Lipinski definition) is 1. The van der Waals surface area contributed by atoms with E-state index < -0.39 is 0 Å². The monoisotopic (exact) mass is 236 g/mol. The molecule has 2 rings (SSSR count). The Hall–Kier alpha value is -0.930.